The van der Waals surface area contributed by atoms with Crippen LogP contribution >= 0.6 is 0 Å². The molecule has 1 aliphatic heterocycles. The molecule has 5 rings (SSSR count). The standard InChI is InChI=1S/C25H23N5O/c1-17-28-15-22(18-8-11-26-12-9-18)24(29-17)21-5-3-13-30(16-21)25(31)20-6-7-23-19(14-20)4-2-10-27-23/h2,4,6-12,14-15,21H,3,5,13,16H2,1H3/t21-/m0/s1. The first kappa shape index (κ1) is 19.3. The van der Waals surface area contributed by atoms with Crippen LogP contribution in [0.2, 0.25) is 0 Å². The average molecular weight is 409 g/mol. The SMILES string of the molecule is Cc1ncc(-c2ccncc2)c([C@H]2CCCN(C(=O)c3ccc4ncccc4c3)C2)n1. The van der Waals surface area contributed by atoms with Gasteiger partial charge >= 0.3 is 0 Å². The van der Waals surface area contributed by atoms with Crippen molar-refractivity contribution in [1.82, 2.24) is 24.8 Å². The van der Waals surface area contributed by atoms with Gasteiger partial charge in [0.05, 0.1) is 11.2 Å². The minimum atomic E-state index is 0.0618. The Morgan fingerprint density at radius 1 is 1.06 bits per heavy atom. The minimum absolute atomic E-state index is 0.0618. The Kier molecular flexibility index (Phi) is 5.12. The van der Waals surface area contributed by atoms with E-state index in [1.165, 1.54) is 0 Å². The van der Waals surface area contributed by atoms with E-state index in [0.717, 1.165) is 52.9 Å². The fourth-order valence-electron chi connectivity index (χ4n) is 4.33. The Morgan fingerprint density at radius 3 is 2.81 bits per heavy atom. The van der Waals surface area contributed by atoms with E-state index in [-0.39, 0.29) is 11.8 Å². The molecule has 1 saturated heterocycles. The molecule has 4 aromatic rings. The van der Waals surface area contributed by atoms with Gasteiger partial charge in [0.25, 0.3) is 5.91 Å². The lowest BCUT2D eigenvalue weighted by molar-refractivity contribution is 0.0706. The third-order valence-corrected chi connectivity index (χ3v) is 5.88. The normalized spacial score (nSPS) is 16.4. The zero-order chi connectivity index (χ0) is 21.2. The molecule has 154 valence electrons. The lowest BCUT2D eigenvalue weighted by Gasteiger charge is -2.33. The molecule has 1 amide bonds. The largest absolute Gasteiger partial charge is 0.338 e. The Balaban J connectivity index is 1.44. The third-order valence-electron chi connectivity index (χ3n) is 5.88. The number of amides is 1. The maximum atomic E-state index is 13.3. The van der Waals surface area contributed by atoms with E-state index < -0.39 is 0 Å². The zero-order valence-corrected chi connectivity index (χ0v) is 17.4. The van der Waals surface area contributed by atoms with Gasteiger partial charge in [0, 0.05) is 60.3 Å². The number of fused-ring (bicyclic) bond motifs is 1. The second kappa shape index (κ2) is 8.22. The van der Waals surface area contributed by atoms with Crippen LogP contribution in [0, 0.1) is 6.92 Å². The number of piperidine rings is 1. The number of hydrogen-bond donors (Lipinski definition) is 0. The van der Waals surface area contributed by atoms with Crippen LogP contribution < -0.4 is 0 Å². The summed E-state index contributed by atoms with van der Waals surface area (Å²) >= 11 is 0. The Hall–Kier alpha value is -3.67. The number of rotatable bonds is 3. The van der Waals surface area contributed by atoms with E-state index in [1.54, 1.807) is 18.6 Å². The molecule has 31 heavy (non-hydrogen) atoms. The molecule has 1 aliphatic rings. The van der Waals surface area contributed by atoms with Crippen LogP contribution in [-0.2, 0) is 0 Å². The second-order valence-electron chi connectivity index (χ2n) is 7.95. The van der Waals surface area contributed by atoms with Crippen LogP contribution in [0.1, 0.15) is 40.6 Å². The van der Waals surface area contributed by atoms with E-state index in [4.69, 9.17) is 4.98 Å². The lowest BCUT2D eigenvalue weighted by Crippen LogP contribution is -2.39. The number of hydrogen-bond acceptors (Lipinski definition) is 5. The van der Waals surface area contributed by atoms with Crippen LogP contribution in [0.25, 0.3) is 22.0 Å². The molecule has 6 heteroatoms. The summed E-state index contributed by atoms with van der Waals surface area (Å²) in [6, 6.07) is 13.6. The van der Waals surface area contributed by atoms with Crippen LogP contribution in [0.4, 0.5) is 0 Å². The molecular weight excluding hydrogens is 386 g/mol. The minimum Gasteiger partial charge on any atom is -0.338 e. The van der Waals surface area contributed by atoms with E-state index in [9.17, 15) is 4.79 Å². The highest BCUT2D eigenvalue weighted by Gasteiger charge is 2.28. The fraction of sp³-hybridized carbons (Fsp3) is 0.240. The Labute approximate surface area is 181 Å². The van der Waals surface area contributed by atoms with Crippen LogP contribution in [-0.4, -0.2) is 43.8 Å². The first-order valence-corrected chi connectivity index (χ1v) is 10.6. The number of benzene rings is 1. The summed E-state index contributed by atoms with van der Waals surface area (Å²) in [5.41, 5.74) is 4.68. The molecule has 3 aromatic heterocycles. The number of aromatic nitrogens is 4. The first-order valence-electron chi connectivity index (χ1n) is 10.6. The maximum Gasteiger partial charge on any atom is 0.253 e. The molecule has 0 saturated carbocycles. The van der Waals surface area contributed by atoms with Gasteiger partial charge in [-0.05, 0) is 61.7 Å². The van der Waals surface area contributed by atoms with Crippen molar-refractivity contribution in [2.45, 2.75) is 25.7 Å². The molecule has 4 heterocycles. The zero-order valence-electron chi connectivity index (χ0n) is 17.4. The highest BCUT2D eigenvalue weighted by Crippen LogP contribution is 2.33. The number of pyridine rings is 2. The van der Waals surface area contributed by atoms with E-state index >= 15 is 0 Å². The predicted octanol–water partition coefficient (Wildman–Crippen LogP) is 4.42. The topological polar surface area (TPSA) is 71.9 Å². The highest BCUT2D eigenvalue weighted by atomic mass is 16.2. The molecule has 0 aliphatic carbocycles. The van der Waals surface area contributed by atoms with Crippen molar-refractivity contribution in [2.24, 2.45) is 0 Å². The van der Waals surface area contributed by atoms with Gasteiger partial charge in [-0.15, -0.1) is 0 Å². The molecule has 1 aromatic carbocycles. The van der Waals surface area contributed by atoms with Crippen molar-refractivity contribution < 1.29 is 4.79 Å². The Morgan fingerprint density at radius 2 is 1.94 bits per heavy atom. The van der Waals surface area contributed by atoms with Crippen molar-refractivity contribution in [3.05, 3.63) is 84.3 Å². The molecule has 1 atom stereocenters. The van der Waals surface area contributed by atoms with Gasteiger partial charge in [-0.1, -0.05) is 6.07 Å². The van der Waals surface area contributed by atoms with E-state index in [1.807, 2.05) is 60.5 Å². The summed E-state index contributed by atoms with van der Waals surface area (Å²) in [6.07, 6.45) is 9.17. The number of aryl methyl sites for hydroxylation is 1. The van der Waals surface area contributed by atoms with Gasteiger partial charge in [0.1, 0.15) is 5.82 Å². The van der Waals surface area contributed by atoms with Crippen LogP contribution in [0.5, 0.6) is 0 Å². The van der Waals surface area contributed by atoms with Gasteiger partial charge < -0.3 is 4.90 Å². The molecule has 0 radical (unpaired) electrons. The highest BCUT2D eigenvalue weighted by molar-refractivity contribution is 5.98. The summed E-state index contributed by atoms with van der Waals surface area (Å²) in [5, 5.41) is 0.980. The van der Waals surface area contributed by atoms with Crippen molar-refractivity contribution in [1.29, 1.82) is 0 Å². The average Bonchev–Trinajstić information content (AvgIpc) is 2.84. The van der Waals surface area contributed by atoms with Crippen molar-refractivity contribution in [2.75, 3.05) is 13.1 Å². The van der Waals surface area contributed by atoms with Crippen molar-refractivity contribution >= 4 is 16.8 Å². The molecule has 6 nitrogen and oxygen atoms in total. The second-order valence-corrected chi connectivity index (χ2v) is 7.95. The molecule has 0 unspecified atom stereocenters. The summed E-state index contributed by atoms with van der Waals surface area (Å²) in [7, 11) is 0. The predicted molar refractivity (Wildman–Crippen MR) is 120 cm³/mol. The molecule has 0 N–H and O–H groups in total. The number of carbonyl (C=O) groups excluding carboxylic acids is 1. The Bertz CT molecular complexity index is 1240. The van der Waals surface area contributed by atoms with E-state index in [0.29, 0.717) is 12.1 Å². The lowest BCUT2D eigenvalue weighted by atomic mass is 9.89. The molecular formula is C25H23N5O. The van der Waals surface area contributed by atoms with Crippen LogP contribution in [0.3, 0.4) is 0 Å². The van der Waals surface area contributed by atoms with E-state index in [2.05, 4.69) is 15.0 Å². The monoisotopic (exact) mass is 409 g/mol. The number of nitrogens with zero attached hydrogens (tertiary/aromatic N) is 5. The van der Waals surface area contributed by atoms with Gasteiger partial charge in [-0.3, -0.25) is 14.8 Å². The summed E-state index contributed by atoms with van der Waals surface area (Å²) < 4.78 is 0. The first-order chi connectivity index (χ1) is 15.2. The maximum absolute atomic E-state index is 13.3. The summed E-state index contributed by atoms with van der Waals surface area (Å²) in [5.74, 6) is 0.981. The summed E-state index contributed by atoms with van der Waals surface area (Å²) in [6.45, 7) is 3.32. The fourth-order valence-corrected chi connectivity index (χ4v) is 4.33. The quantitative estimate of drug-likeness (QED) is 0.501. The van der Waals surface area contributed by atoms with Gasteiger partial charge in [0.15, 0.2) is 0 Å². The molecule has 0 bridgehead atoms. The number of likely N-dealkylation sites (tertiary alicyclic amines) is 1. The van der Waals surface area contributed by atoms with Crippen molar-refractivity contribution in [3.8, 4) is 11.1 Å². The van der Waals surface area contributed by atoms with Gasteiger partial charge in [-0.25, -0.2) is 9.97 Å². The van der Waals surface area contributed by atoms with Gasteiger partial charge in [-0.2, -0.15) is 0 Å². The molecule has 1 fully saturated rings. The number of carbonyl (C=O) groups is 1. The smallest absolute Gasteiger partial charge is 0.253 e. The van der Waals surface area contributed by atoms with Gasteiger partial charge in [0.2, 0.25) is 0 Å². The third kappa shape index (κ3) is 3.89. The summed E-state index contributed by atoms with van der Waals surface area (Å²) in [4.78, 5) is 33.0. The molecule has 0 spiro atoms. The van der Waals surface area contributed by atoms with Crippen molar-refractivity contribution in [3.63, 3.8) is 0 Å². The van der Waals surface area contributed by atoms with Crippen LogP contribution in [0.15, 0.2) is 67.3 Å².